The van der Waals surface area contributed by atoms with Crippen LogP contribution in [0.3, 0.4) is 0 Å². The Kier molecular flexibility index (Phi) is 3.71. The van der Waals surface area contributed by atoms with Crippen molar-refractivity contribution in [3.8, 4) is 0 Å². The smallest absolute Gasteiger partial charge is 0.271 e. The topological polar surface area (TPSA) is 69.2 Å². The van der Waals surface area contributed by atoms with Crippen molar-refractivity contribution in [2.24, 2.45) is 0 Å². The maximum Gasteiger partial charge on any atom is 0.271 e. The van der Waals surface area contributed by atoms with Gasteiger partial charge in [-0.3, -0.25) is 10.1 Å². The van der Waals surface area contributed by atoms with Gasteiger partial charge in [0.2, 0.25) is 0 Å². The number of nitro benzene ring substituents is 1. The Morgan fingerprint density at radius 3 is 2.71 bits per heavy atom. The first kappa shape index (κ1) is 10.8. The Balaban J connectivity index is 2.84. The molecule has 0 aromatic heterocycles. The fourth-order valence-corrected chi connectivity index (χ4v) is 1.31. The third-order valence-corrected chi connectivity index (χ3v) is 2.19. The predicted molar refractivity (Wildman–Crippen MR) is 56.5 cm³/mol. The van der Waals surface area contributed by atoms with Crippen molar-refractivity contribution >= 4 is 23.0 Å². The second-order valence-electron chi connectivity index (χ2n) is 2.93. The number of aryl methyl sites for hydroxylation is 1. The highest BCUT2D eigenvalue weighted by molar-refractivity contribution is 6.17. The minimum atomic E-state index is -0.457. The van der Waals surface area contributed by atoms with Crippen LogP contribution in [-0.2, 0) is 6.42 Å². The zero-order valence-corrected chi connectivity index (χ0v) is 8.33. The lowest BCUT2D eigenvalue weighted by molar-refractivity contribution is -0.384. The van der Waals surface area contributed by atoms with Crippen LogP contribution in [0.25, 0.3) is 0 Å². The molecular formula is C9H11ClN2O2. The lowest BCUT2D eigenvalue weighted by Crippen LogP contribution is -1.97. The monoisotopic (exact) mass is 214 g/mol. The summed E-state index contributed by atoms with van der Waals surface area (Å²) in [5.41, 5.74) is 7.05. The summed E-state index contributed by atoms with van der Waals surface area (Å²) in [7, 11) is 0. The molecule has 0 unspecified atom stereocenters. The van der Waals surface area contributed by atoms with E-state index in [0.717, 1.165) is 18.4 Å². The van der Waals surface area contributed by atoms with E-state index >= 15 is 0 Å². The lowest BCUT2D eigenvalue weighted by atomic mass is 10.1. The molecule has 1 rings (SSSR count). The van der Waals surface area contributed by atoms with Crippen molar-refractivity contribution in [2.75, 3.05) is 11.6 Å². The minimum Gasteiger partial charge on any atom is -0.398 e. The maximum atomic E-state index is 10.4. The molecule has 76 valence electrons. The summed E-state index contributed by atoms with van der Waals surface area (Å²) in [6.45, 7) is 0. The zero-order chi connectivity index (χ0) is 10.6. The van der Waals surface area contributed by atoms with E-state index < -0.39 is 4.92 Å². The largest absolute Gasteiger partial charge is 0.398 e. The molecule has 0 radical (unpaired) electrons. The van der Waals surface area contributed by atoms with Gasteiger partial charge in [0, 0.05) is 23.7 Å². The van der Waals surface area contributed by atoms with Crippen LogP contribution < -0.4 is 5.73 Å². The zero-order valence-electron chi connectivity index (χ0n) is 7.57. The van der Waals surface area contributed by atoms with E-state index in [2.05, 4.69) is 0 Å². The Bertz CT molecular complexity index is 342. The number of nitrogens with zero attached hydrogens (tertiary/aromatic N) is 1. The van der Waals surface area contributed by atoms with Gasteiger partial charge in [0.05, 0.1) is 4.92 Å². The Morgan fingerprint density at radius 1 is 1.50 bits per heavy atom. The highest BCUT2D eigenvalue weighted by Gasteiger charge is 2.07. The quantitative estimate of drug-likeness (QED) is 0.362. The van der Waals surface area contributed by atoms with Crippen molar-refractivity contribution < 1.29 is 4.92 Å². The molecular weight excluding hydrogens is 204 g/mol. The van der Waals surface area contributed by atoms with Crippen LogP contribution in [0.1, 0.15) is 12.0 Å². The van der Waals surface area contributed by atoms with Crippen molar-refractivity contribution in [1.29, 1.82) is 0 Å². The van der Waals surface area contributed by atoms with Crippen LogP contribution in [0.5, 0.6) is 0 Å². The van der Waals surface area contributed by atoms with E-state index in [1.165, 1.54) is 12.1 Å². The molecule has 0 fully saturated rings. The summed E-state index contributed by atoms with van der Waals surface area (Å²) in [6.07, 6.45) is 1.58. The van der Waals surface area contributed by atoms with E-state index in [4.69, 9.17) is 17.3 Å². The molecule has 1 aromatic rings. The average molecular weight is 215 g/mol. The molecule has 1 aromatic carbocycles. The Hall–Kier alpha value is -1.29. The van der Waals surface area contributed by atoms with Gasteiger partial charge in [-0.15, -0.1) is 11.6 Å². The molecule has 0 spiro atoms. The van der Waals surface area contributed by atoms with Gasteiger partial charge in [0.15, 0.2) is 0 Å². The van der Waals surface area contributed by atoms with Gasteiger partial charge in [0.25, 0.3) is 5.69 Å². The van der Waals surface area contributed by atoms with Crippen LogP contribution in [0, 0.1) is 10.1 Å². The van der Waals surface area contributed by atoms with E-state index in [0.29, 0.717) is 11.6 Å². The first-order valence-corrected chi connectivity index (χ1v) is 4.77. The third kappa shape index (κ3) is 2.60. The first-order valence-electron chi connectivity index (χ1n) is 4.24. The lowest BCUT2D eigenvalue weighted by Gasteiger charge is -2.03. The number of alkyl halides is 1. The molecule has 0 heterocycles. The molecule has 0 saturated heterocycles. The SMILES string of the molecule is Nc1cc([N+](=O)[O-])ccc1CCCCl. The van der Waals surface area contributed by atoms with Crippen molar-refractivity contribution in [1.82, 2.24) is 0 Å². The minimum absolute atomic E-state index is 0.0251. The Labute approximate surface area is 86.8 Å². The molecule has 0 aliphatic rings. The molecule has 0 amide bonds. The van der Waals surface area contributed by atoms with Gasteiger partial charge in [-0.05, 0) is 18.4 Å². The number of rotatable bonds is 4. The van der Waals surface area contributed by atoms with Crippen LogP contribution >= 0.6 is 11.6 Å². The van der Waals surface area contributed by atoms with Gasteiger partial charge in [-0.25, -0.2) is 0 Å². The summed E-state index contributed by atoms with van der Waals surface area (Å²) >= 11 is 5.54. The van der Waals surface area contributed by atoms with Crippen LogP contribution in [0.4, 0.5) is 11.4 Å². The molecule has 0 atom stereocenters. The predicted octanol–water partition coefficient (Wildman–Crippen LogP) is 2.35. The second kappa shape index (κ2) is 4.81. The summed E-state index contributed by atoms with van der Waals surface area (Å²) in [6, 6.07) is 4.52. The van der Waals surface area contributed by atoms with Crippen molar-refractivity contribution in [3.63, 3.8) is 0 Å². The molecule has 0 bridgehead atoms. The number of nitrogen functional groups attached to an aromatic ring is 1. The molecule has 0 aliphatic carbocycles. The van der Waals surface area contributed by atoms with Crippen molar-refractivity contribution in [3.05, 3.63) is 33.9 Å². The summed E-state index contributed by atoms with van der Waals surface area (Å²) in [5, 5.41) is 10.4. The number of non-ortho nitro benzene ring substituents is 1. The number of hydrogen-bond donors (Lipinski definition) is 1. The van der Waals surface area contributed by atoms with Crippen molar-refractivity contribution in [2.45, 2.75) is 12.8 Å². The van der Waals surface area contributed by atoms with Gasteiger partial charge in [-0.1, -0.05) is 6.07 Å². The Morgan fingerprint density at radius 2 is 2.21 bits per heavy atom. The van der Waals surface area contributed by atoms with Crippen LogP contribution in [0.15, 0.2) is 18.2 Å². The molecule has 2 N–H and O–H groups in total. The summed E-state index contributed by atoms with van der Waals surface area (Å²) in [4.78, 5) is 9.95. The normalized spacial score (nSPS) is 10.1. The summed E-state index contributed by atoms with van der Waals surface area (Å²) < 4.78 is 0. The standard InChI is InChI=1S/C9H11ClN2O2/c10-5-1-2-7-3-4-8(12(13)14)6-9(7)11/h3-4,6H,1-2,5,11H2. The number of nitro groups is 1. The first-order chi connectivity index (χ1) is 6.65. The highest BCUT2D eigenvalue weighted by atomic mass is 35.5. The fraction of sp³-hybridized carbons (Fsp3) is 0.333. The molecule has 0 aliphatic heterocycles. The number of halogens is 1. The number of benzene rings is 1. The van der Waals surface area contributed by atoms with E-state index in [9.17, 15) is 10.1 Å². The molecule has 14 heavy (non-hydrogen) atoms. The van der Waals surface area contributed by atoms with Crippen LogP contribution in [0.2, 0.25) is 0 Å². The molecule has 5 heteroatoms. The number of hydrogen-bond acceptors (Lipinski definition) is 3. The highest BCUT2D eigenvalue weighted by Crippen LogP contribution is 2.20. The summed E-state index contributed by atoms with van der Waals surface area (Å²) in [5.74, 6) is 0.566. The van der Waals surface area contributed by atoms with Gasteiger partial charge in [-0.2, -0.15) is 0 Å². The number of nitrogens with two attached hydrogens (primary N) is 1. The van der Waals surface area contributed by atoms with Gasteiger partial charge < -0.3 is 5.73 Å². The van der Waals surface area contributed by atoms with Crippen LogP contribution in [-0.4, -0.2) is 10.8 Å². The van der Waals surface area contributed by atoms with Gasteiger partial charge >= 0.3 is 0 Å². The van der Waals surface area contributed by atoms with E-state index in [1.54, 1.807) is 6.07 Å². The number of anilines is 1. The van der Waals surface area contributed by atoms with Gasteiger partial charge in [0.1, 0.15) is 0 Å². The van der Waals surface area contributed by atoms with E-state index in [-0.39, 0.29) is 5.69 Å². The molecule has 4 nitrogen and oxygen atoms in total. The third-order valence-electron chi connectivity index (χ3n) is 1.92. The van der Waals surface area contributed by atoms with E-state index in [1.807, 2.05) is 0 Å². The maximum absolute atomic E-state index is 10.4. The molecule has 0 saturated carbocycles. The second-order valence-corrected chi connectivity index (χ2v) is 3.31. The average Bonchev–Trinajstić information content (AvgIpc) is 2.15. The fourth-order valence-electron chi connectivity index (χ4n) is 1.18.